The maximum absolute atomic E-state index is 12.0. The lowest BCUT2D eigenvalue weighted by Gasteiger charge is -2.08. The van der Waals surface area contributed by atoms with E-state index in [9.17, 15) is 4.21 Å². The molecule has 15 heavy (non-hydrogen) atoms. The highest BCUT2D eigenvalue weighted by molar-refractivity contribution is 7.85. The van der Waals surface area contributed by atoms with Crippen molar-refractivity contribution in [2.45, 2.75) is 18.4 Å². The van der Waals surface area contributed by atoms with E-state index >= 15 is 0 Å². The van der Waals surface area contributed by atoms with Gasteiger partial charge in [-0.25, -0.2) is 4.98 Å². The van der Waals surface area contributed by atoms with E-state index in [0.29, 0.717) is 16.7 Å². The highest BCUT2D eigenvalue weighted by Crippen LogP contribution is 2.14. The van der Waals surface area contributed by atoms with E-state index in [1.165, 1.54) is 0 Å². The van der Waals surface area contributed by atoms with Gasteiger partial charge in [-0.3, -0.25) is 9.19 Å². The summed E-state index contributed by atoms with van der Waals surface area (Å²) in [6.45, 7) is 3.87. The van der Waals surface area contributed by atoms with Crippen LogP contribution in [0.4, 0.5) is 0 Å². The van der Waals surface area contributed by atoms with Gasteiger partial charge >= 0.3 is 0 Å². The summed E-state index contributed by atoms with van der Waals surface area (Å²) >= 11 is 0. The topological polar surface area (TPSA) is 54.9 Å². The van der Waals surface area contributed by atoms with Crippen molar-refractivity contribution in [2.24, 2.45) is 5.92 Å². The number of nitrogens with zero attached hydrogens (tertiary/aromatic N) is 2. The molecule has 2 rings (SSSR count). The summed E-state index contributed by atoms with van der Waals surface area (Å²) < 4.78 is 12.0. The molecule has 1 aromatic heterocycles. The molecule has 0 unspecified atom stereocenters. The fourth-order valence-electron chi connectivity index (χ4n) is 1.77. The van der Waals surface area contributed by atoms with Crippen molar-refractivity contribution in [3.05, 3.63) is 18.1 Å². The zero-order chi connectivity index (χ0) is 10.7. The molecule has 1 fully saturated rings. The fourth-order valence-corrected chi connectivity index (χ4v) is 3.20. The number of aromatic nitrogens is 2. The van der Waals surface area contributed by atoms with E-state index in [4.69, 9.17) is 0 Å². The molecular weight excluding hydrogens is 210 g/mol. The van der Waals surface area contributed by atoms with Gasteiger partial charge in [0.25, 0.3) is 0 Å². The SMILES string of the molecule is Cc1nccnc1[S@](=O)C[C@H]1CCNC1. The van der Waals surface area contributed by atoms with E-state index in [0.717, 1.165) is 25.2 Å². The smallest absolute Gasteiger partial charge is 0.148 e. The van der Waals surface area contributed by atoms with Crippen molar-refractivity contribution in [1.29, 1.82) is 0 Å². The molecule has 0 radical (unpaired) electrons. The van der Waals surface area contributed by atoms with Crippen molar-refractivity contribution >= 4 is 10.8 Å². The van der Waals surface area contributed by atoms with Crippen LogP contribution in [-0.2, 0) is 10.8 Å². The van der Waals surface area contributed by atoms with Gasteiger partial charge in [0.15, 0.2) is 0 Å². The van der Waals surface area contributed by atoms with Crippen LogP contribution < -0.4 is 5.32 Å². The molecule has 1 aliphatic rings. The Balaban J connectivity index is 2.04. The Morgan fingerprint density at radius 2 is 2.33 bits per heavy atom. The Morgan fingerprint density at radius 3 is 3.00 bits per heavy atom. The van der Waals surface area contributed by atoms with Gasteiger partial charge in [0.05, 0.1) is 16.5 Å². The molecule has 4 nitrogen and oxygen atoms in total. The molecule has 0 aliphatic carbocycles. The first-order chi connectivity index (χ1) is 7.27. The van der Waals surface area contributed by atoms with Crippen LogP contribution >= 0.6 is 0 Å². The first-order valence-electron chi connectivity index (χ1n) is 5.14. The third-order valence-corrected chi connectivity index (χ3v) is 4.21. The van der Waals surface area contributed by atoms with Gasteiger partial charge in [-0.15, -0.1) is 0 Å². The van der Waals surface area contributed by atoms with E-state index < -0.39 is 10.8 Å². The molecule has 0 saturated carbocycles. The van der Waals surface area contributed by atoms with Gasteiger partial charge in [0, 0.05) is 18.1 Å². The molecule has 0 amide bonds. The molecule has 82 valence electrons. The minimum atomic E-state index is -0.998. The van der Waals surface area contributed by atoms with E-state index in [-0.39, 0.29) is 0 Å². The summed E-state index contributed by atoms with van der Waals surface area (Å²) in [5, 5.41) is 3.92. The van der Waals surface area contributed by atoms with Crippen molar-refractivity contribution in [3.63, 3.8) is 0 Å². The molecule has 1 saturated heterocycles. The summed E-state index contributed by atoms with van der Waals surface area (Å²) in [6.07, 6.45) is 4.35. The monoisotopic (exact) mass is 225 g/mol. The van der Waals surface area contributed by atoms with Crippen LogP contribution in [0.25, 0.3) is 0 Å². The van der Waals surface area contributed by atoms with Crippen LogP contribution in [0.15, 0.2) is 17.4 Å². The third kappa shape index (κ3) is 2.60. The van der Waals surface area contributed by atoms with Crippen LogP contribution in [0, 0.1) is 12.8 Å². The van der Waals surface area contributed by atoms with Crippen molar-refractivity contribution < 1.29 is 4.21 Å². The van der Waals surface area contributed by atoms with Gasteiger partial charge in [-0.2, -0.15) is 0 Å². The predicted octanol–water partition coefficient (Wildman–Crippen LogP) is 0.502. The zero-order valence-electron chi connectivity index (χ0n) is 8.77. The molecule has 5 heteroatoms. The number of hydrogen-bond donors (Lipinski definition) is 1. The average molecular weight is 225 g/mol. The van der Waals surface area contributed by atoms with Crippen LogP contribution in [0.5, 0.6) is 0 Å². The Bertz CT molecular complexity index is 363. The van der Waals surface area contributed by atoms with Gasteiger partial charge in [0.1, 0.15) is 5.03 Å². The van der Waals surface area contributed by atoms with Crippen molar-refractivity contribution in [2.75, 3.05) is 18.8 Å². The minimum absolute atomic E-state index is 0.521. The summed E-state index contributed by atoms with van der Waals surface area (Å²) in [5.41, 5.74) is 0.779. The quantitative estimate of drug-likeness (QED) is 0.814. The molecule has 1 N–H and O–H groups in total. The van der Waals surface area contributed by atoms with Crippen LogP contribution in [0.2, 0.25) is 0 Å². The minimum Gasteiger partial charge on any atom is -0.316 e. The second-order valence-electron chi connectivity index (χ2n) is 3.82. The standard InChI is InChI=1S/C10H15N3OS/c1-8-10(13-5-4-12-8)15(14)7-9-2-3-11-6-9/h4-5,9,11H,2-3,6-7H2,1H3/t9-,15+/m0/s1. The third-order valence-electron chi connectivity index (χ3n) is 2.60. The lowest BCUT2D eigenvalue weighted by Crippen LogP contribution is -2.16. The van der Waals surface area contributed by atoms with Gasteiger partial charge in [-0.05, 0) is 32.4 Å². The molecule has 0 bridgehead atoms. The first-order valence-corrected chi connectivity index (χ1v) is 6.46. The second kappa shape index (κ2) is 4.81. The Morgan fingerprint density at radius 1 is 1.53 bits per heavy atom. The number of rotatable bonds is 3. The molecule has 1 aliphatic heterocycles. The van der Waals surface area contributed by atoms with Gasteiger partial charge in [-0.1, -0.05) is 0 Å². The summed E-state index contributed by atoms with van der Waals surface area (Å²) in [7, 11) is -0.998. The first kappa shape index (κ1) is 10.7. The average Bonchev–Trinajstić information content (AvgIpc) is 2.71. The normalized spacial score (nSPS) is 22.9. The molecule has 2 heterocycles. The predicted molar refractivity (Wildman–Crippen MR) is 59.0 cm³/mol. The van der Waals surface area contributed by atoms with E-state index in [2.05, 4.69) is 15.3 Å². The summed E-state index contributed by atoms with van der Waals surface area (Å²) in [4.78, 5) is 8.24. The Hall–Kier alpha value is -0.810. The largest absolute Gasteiger partial charge is 0.316 e. The van der Waals surface area contributed by atoms with E-state index in [1.807, 2.05) is 6.92 Å². The van der Waals surface area contributed by atoms with Crippen LogP contribution in [-0.4, -0.2) is 33.0 Å². The Kier molecular flexibility index (Phi) is 3.43. The number of aryl methyl sites for hydroxylation is 1. The molecule has 2 atom stereocenters. The maximum atomic E-state index is 12.0. The second-order valence-corrected chi connectivity index (χ2v) is 5.23. The van der Waals surface area contributed by atoms with Crippen LogP contribution in [0.1, 0.15) is 12.1 Å². The van der Waals surface area contributed by atoms with E-state index in [1.54, 1.807) is 12.4 Å². The molecule has 0 aromatic carbocycles. The van der Waals surface area contributed by atoms with Crippen molar-refractivity contribution in [1.82, 2.24) is 15.3 Å². The Labute approximate surface area is 92.0 Å². The maximum Gasteiger partial charge on any atom is 0.148 e. The highest BCUT2D eigenvalue weighted by atomic mass is 32.2. The fraction of sp³-hybridized carbons (Fsp3) is 0.600. The number of hydrogen-bond acceptors (Lipinski definition) is 4. The molecule has 0 spiro atoms. The summed E-state index contributed by atoms with van der Waals surface area (Å²) in [5.74, 6) is 1.22. The lowest BCUT2D eigenvalue weighted by atomic mass is 10.2. The molecule has 1 aromatic rings. The van der Waals surface area contributed by atoms with Gasteiger partial charge < -0.3 is 5.32 Å². The molecular formula is C10H15N3OS. The number of nitrogens with one attached hydrogen (secondary N) is 1. The van der Waals surface area contributed by atoms with Crippen LogP contribution in [0.3, 0.4) is 0 Å². The van der Waals surface area contributed by atoms with Gasteiger partial charge in [0.2, 0.25) is 0 Å². The summed E-state index contributed by atoms with van der Waals surface area (Å²) in [6, 6.07) is 0. The van der Waals surface area contributed by atoms with Crippen molar-refractivity contribution in [3.8, 4) is 0 Å². The highest BCUT2D eigenvalue weighted by Gasteiger charge is 2.19. The zero-order valence-corrected chi connectivity index (χ0v) is 9.59. The lowest BCUT2D eigenvalue weighted by molar-refractivity contribution is 0.630.